The number of rotatable bonds is 6. The van der Waals surface area contributed by atoms with E-state index < -0.39 is 5.97 Å². The third-order valence-electron chi connectivity index (χ3n) is 4.13. The van der Waals surface area contributed by atoms with E-state index in [1.165, 1.54) is 25.3 Å². The molecule has 0 saturated carbocycles. The van der Waals surface area contributed by atoms with Crippen LogP contribution in [-0.4, -0.2) is 50.0 Å². The Bertz CT molecular complexity index is 864. The van der Waals surface area contributed by atoms with Gasteiger partial charge in [0.2, 0.25) is 0 Å². The van der Waals surface area contributed by atoms with Gasteiger partial charge in [0.1, 0.15) is 0 Å². The highest BCUT2D eigenvalue weighted by atomic mass is 16.5. The first kappa shape index (κ1) is 18.4. The van der Waals surface area contributed by atoms with Crippen LogP contribution in [-0.2, 0) is 9.53 Å². The maximum atomic E-state index is 12.4. The van der Waals surface area contributed by atoms with Crippen molar-refractivity contribution in [2.75, 3.05) is 27.4 Å². The molecule has 140 valence electrons. The van der Waals surface area contributed by atoms with Crippen molar-refractivity contribution in [3.8, 4) is 11.5 Å². The molecule has 1 aliphatic heterocycles. The summed E-state index contributed by atoms with van der Waals surface area (Å²) in [4.78, 5) is 24.0. The first-order chi connectivity index (χ1) is 13.1. The molecule has 0 fully saturated rings. The van der Waals surface area contributed by atoms with Gasteiger partial charge in [0.05, 0.1) is 32.0 Å². The zero-order valence-electron chi connectivity index (χ0n) is 15.2. The van der Waals surface area contributed by atoms with Crippen molar-refractivity contribution in [2.24, 2.45) is 5.10 Å². The van der Waals surface area contributed by atoms with Gasteiger partial charge in [-0.2, -0.15) is 5.10 Å². The molecule has 2 aromatic carbocycles. The van der Waals surface area contributed by atoms with Gasteiger partial charge in [0, 0.05) is 6.42 Å². The lowest BCUT2D eigenvalue weighted by Gasteiger charge is -2.14. The molecule has 1 heterocycles. The number of methoxy groups -OCH3 is 2. The zero-order chi connectivity index (χ0) is 19.2. The molecule has 0 bridgehead atoms. The van der Waals surface area contributed by atoms with Crippen molar-refractivity contribution >= 4 is 17.6 Å². The quantitative estimate of drug-likeness (QED) is 0.732. The largest absolute Gasteiger partial charge is 0.493 e. The average molecular weight is 368 g/mol. The SMILES string of the molecule is COC(=O)c1ccc(OCC(=O)N2CCC(c3ccccc3)=N2)c(OC)c1. The molecule has 7 heteroatoms. The van der Waals surface area contributed by atoms with Crippen LogP contribution in [0.5, 0.6) is 11.5 Å². The van der Waals surface area contributed by atoms with Crippen LogP contribution in [0.3, 0.4) is 0 Å². The number of hydrazone groups is 1. The van der Waals surface area contributed by atoms with E-state index in [4.69, 9.17) is 9.47 Å². The summed E-state index contributed by atoms with van der Waals surface area (Å²) in [5.74, 6) is -0.0126. The van der Waals surface area contributed by atoms with E-state index in [-0.39, 0.29) is 12.5 Å². The van der Waals surface area contributed by atoms with Crippen LogP contribution >= 0.6 is 0 Å². The van der Waals surface area contributed by atoms with Crippen molar-refractivity contribution in [1.82, 2.24) is 5.01 Å². The lowest BCUT2D eigenvalue weighted by atomic mass is 10.1. The van der Waals surface area contributed by atoms with Crippen LogP contribution in [0.4, 0.5) is 0 Å². The van der Waals surface area contributed by atoms with Gasteiger partial charge < -0.3 is 14.2 Å². The molecule has 0 unspecified atom stereocenters. The van der Waals surface area contributed by atoms with Gasteiger partial charge in [-0.3, -0.25) is 4.79 Å². The van der Waals surface area contributed by atoms with Gasteiger partial charge in [-0.05, 0) is 23.8 Å². The maximum Gasteiger partial charge on any atom is 0.337 e. The summed E-state index contributed by atoms with van der Waals surface area (Å²) in [6.07, 6.45) is 0.701. The molecule has 0 aromatic heterocycles. The lowest BCUT2D eigenvalue weighted by Crippen LogP contribution is -2.28. The summed E-state index contributed by atoms with van der Waals surface area (Å²) in [6.45, 7) is 0.338. The van der Waals surface area contributed by atoms with Crippen LogP contribution < -0.4 is 9.47 Å². The molecular weight excluding hydrogens is 348 g/mol. The van der Waals surface area contributed by atoms with E-state index in [0.717, 1.165) is 11.3 Å². The molecular formula is C20H20N2O5. The van der Waals surface area contributed by atoms with E-state index in [1.54, 1.807) is 12.1 Å². The summed E-state index contributed by atoms with van der Waals surface area (Å²) in [5, 5.41) is 5.80. The summed E-state index contributed by atoms with van der Waals surface area (Å²) in [7, 11) is 2.76. The van der Waals surface area contributed by atoms with Gasteiger partial charge in [0.15, 0.2) is 18.1 Å². The third-order valence-corrected chi connectivity index (χ3v) is 4.13. The van der Waals surface area contributed by atoms with E-state index >= 15 is 0 Å². The minimum atomic E-state index is -0.476. The highest BCUT2D eigenvalue weighted by molar-refractivity contribution is 6.02. The summed E-state index contributed by atoms with van der Waals surface area (Å²) in [5.41, 5.74) is 2.22. The van der Waals surface area contributed by atoms with E-state index in [0.29, 0.717) is 30.0 Å². The number of ether oxygens (including phenoxy) is 3. The average Bonchev–Trinajstić information content (AvgIpc) is 3.22. The van der Waals surface area contributed by atoms with E-state index in [1.807, 2.05) is 30.3 Å². The molecule has 27 heavy (non-hydrogen) atoms. The molecule has 7 nitrogen and oxygen atoms in total. The van der Waals surface area contributed by atoms with Gasteiger partial charge in [-0.1, -0.05) is 30.3 Å². The van der Waals surface area contributed by atoms with E-state index in [2.05, 4.69) is 9.84 Å². The fraction of sp³-hybridized carbons (Fsp3) is 0.250. The molecule has 0 saturated heterocycles. The fourth-order valence-electron chi connectivity index (χ4n) is 2.72. The maximum absolute atomic E-state index is 12.4. The number of benzene rings is 2. The second kappa shape index (κ2) is 8.35. The minimum Gasteiger partial charge on any atom is -0.493 e. The van der Waals surface area contributed by atoms with E-state index in [9.17, 15) is 9.59 Å². The molecule has 0 atom stereocenters. The van der Waals surface area contributed by atoms with Crippen LogP contribution in [0.2, 0.25) is 0 Å². The number of hydrogen-bond donors (Lipinski definition) is 0. The summed E-state index contributed by atoms with van der Waals surface area (Å²) < 4.78 is 15.5. The first-order valence-electron chi connectivity index (χ1n) is 8.45. The van der Waals surface area contributed by atoms with Crippen molar-refractivity contribution in [3.05, 3.63) is 59.7 Å². The number of amides is 1. The van der Waals surface area contributed by atoms with Crippen molar-refractivity contribution in [1.29, 1.82) is 0 Å². The number of carbonyl (C=O) groups excluding carboxylic acids is 2. The monoisotopic (exact) mass is 368 g/mol. The zero-order valence-corrected chi connectivity index (χ0v) is 15.2. The second-order valence-corrected chi connectivity index (χ2v) is 5.83. The first-order valence-corrected chi connectivity index (χ1v) is 8.45. The Labute approximate surface area is 157 Å². The Morgan fingerprint density at radius 2 is 1.85 bits per heavy atom. The number of esters is 1. The number of carbonyl (C=O) groups is 2. The Kier molecular flexibility index (Phi) is 5.71. The molecule has 0 N–H and O–H groups in total. The topological polar surface area (TPSA) is 77.4 Å². The lowest BCUT2D eigenvalue weighted by molar-refractivity contribution is -0.132. The molecule has 1 amide bonds. The van der Waals surface area contributed by atoms with Gasteiger partial charge >= 0.3 is 5.97 Å². The number of hydrogen-bond acceptors (Lipinski definition) is 6. The molecule has 0 radical (unpaired) electrons. The Morgan fingerprint density at radius 1 is 1.07 bits per heavy atom. The van der Waals surface area contributed by atoms with Crippen LogP contribution in [0.1, 0.15) is 22.3 Å². The normalized spacial score (nSPS) is 13.1. The Morgan fingerprint density at radius 3 is 2.56 bits per heavy atom. The Hall–Kier alpha value is -3.35. The molecule has 3 rings (SSSR count). The van der Waals surface area contributed by atoms with Crippen LogP contribution in [0.25, 0.3) is 0 Å². The van der Waals surface area contributed by atoms with Gasteiger partial charge in [-0.15, -0.1) is 0 Å². The summed E-state index contributed by atoms with van der Waals surface area (Å²) in [6, 6.07) is 14.4. The van der Waals surface area contributed by atoms with Crippen molar-refractivity contribution in [2.45, 2.75) is 6.42 Å². The standard InChI is InChI=1S/C20H20N2O5/c1-25-18-12-15(20(24)26-2)8-9-17(18)27-13-19(23)22-11-10-16(21-22)14-6-4-3-5-7-14/h3-9,12H,10-11,13H2,1-2H3. The predicted molar refractivity (Wildman–Crippen MR) is 99.1 cm³/mol. The third kappa shape index (κ3) is 4.25. The number of nitrogens with zero attached hydrogens (tertiary/aromatic N) is 2. The highest BCUT2D eigenvalue weighted by Crippen LogP contribution is 2.28. The molecule has 1 aliphatic rings. The van der Waals surface area contributed by atoms with Gasteiger partial charge in [-0.25, -0.2) is 9.80 Å². The Balaban J connectivity index is 1.64. The van der Waals surface area contributed by atoms with Crippen molar-refractivity contribution < 1.29 is 23.8 Å². The predicted octanol–water partition coefficient (Wildman–Crippen LogP) is 2.50. The highest BCUT2D eigenvalue weighted by Gasteiger charge is 2.22. The molecule has 0 spiro atoms. The van der Waals surface area contributed by atoms with Gasteiger partial charge in [0.25, 0.3) is 5.91 Å². The van der Waals surface area contributed by atoms with Crippen LogP contribution in [0.15, 0.2) is 53.6 Å². The van der Waals surface area contributed by atoms with Crippen LogP contribution in [0, 0.1) is 0 Å². The summed E-state index contributed by atoms with van der Waals surface area (Å²) >= 11 is 0. The second-order valence-electron chi connectivity index (χ2n) is 5.83. The van der Waals surface area contributed by atoms with Crippen molar-refractivity contribution in [3.63, 3.8) is 0 Å². The smallest absolute Gasteiger partial charge is 0.337 e. The molecule has 2 aromatic rings. The fourth-order valence-corrected chi connectivity index (χ4v) is 2.72. The molecule has 0 aliphatic carbocycles. The minimum absolute atomic E-state index is 0.181.